The van der Waals surface area contributed by atoms with Crippen molar-refractivity contribution in [1.82, 2.24) is 15.6 Å². The third-order valence-electron chi connectivity index (χ3n) is 3.29. The third-order valence-corrected chi connectivity index (χ3v) is 4.14. The fraction of sp³-hybridized carbons (Fsp3) is 0.353. The number of ether oxygens (including phenoxy) is 1. The normalized spacial score (nSPS) is 11.5. The van der Waals surface area contributed by atoms with Gasteiger partial charge < -0.3 is 21.1 Å². The Bertz CT molecular complexity index is 829. The van der Waals surface area contributed by atoms with Crippen LogP contribution in [0.25, 0.3) is 0 Å². The molecule has 7 nitrogen and oxygen atoms in total. The van der Waals surface area contributed by atoms with Crippen LogP contribution in [0.5, 0.6) is 5.75 Å². The molecule has 0 bridgehead atoms. The predicted molar refractivity (Wildman–Crippen MR) is 115 cm³/mol. The van der Waals surface area contributed by atoms with Crippen LogP contribution in [-0.2, 0) is 24.1 Å². The first-order valence-corrected chi connectivity index (χ1v) is 9.19. The van der Waals surface area contributed by atoms with E-state index < -0.39 is 17.8 Å². The number of hydrogen-bond acceptors (Lipinski definition) is 5. The molecule has 2 aromatic rings. The Kier molecular flexibility index (Phi) is 10.2. The van der Waals surface area contributed by atoms with Gasteiger partial charge in [-0.05, 0) is 24.6 Å². The Labute approximate surface area is 187 Å². The first-order valence-electron chi connectivity index (χ1n) is 8.31. The summed E-state index contributed by atoms with van der Waals surface area (Å²) >= 11 is 0.930. The lowest BCUT2D eigenvalue weighted by Gasteiger charge is -2.10. The average molecular weight is 543 g/mol. The Morgan fingerprint density at radius 2 is 2.10 bits per heavy atom. The highest BCUT2D eigenvalue weighted by molar-refractivity contribution is 14.0. The lowest BCUT2D eigenvalue weighted by molar-refractivity contribution is -0.140. The van der Waals surface area contributed by atoms with Crippen LogP contribution < -0.4 is 21.1 Å². The van der Waals surface area contributed by atoms with Gasteiger partial charge in [-0.1, -0.05) is 12.1 Å². The maximum Gasteiger partial charge on any atom is 0.434 e. The number of carbonyl (C=O) groups is 1. The number of primary amides is 1. The minimum absolute atomic E-state index is 0. The number of rotatable bonds is 8. The van der Waals surface area contributed by atoms with Crippen molar-refractivity contribution in [1.29, 1.82) is 0 Å². The van der Waals surface area contributed by atoms with Gasteiger partial charge in [0.25, 0.3) is 5.91 Å². The molecule has 29 heavy (non-hydrogen) atoms. The number of thiazole rings is 1. The first kappa shape index (κ1) is 24.9. The summed E-state index contributed by atoms with van der Waals surface area (Å²) in [4.78, 5) is 18.7. The number of nitrogens with two attached hydrogens (primary N) is 1. The van der Waals surface area contributed by atoms with E-state index in [1.54, 1.807) is 18.2 Å². The minimum atomic E-state index is -4.45. The van der Waals surface area contributed by atoms with Gasteiger partial charge in [-0.25, -0.2) is 9.98 Å². The maximum atomic E-state index is 12.6. The second kappa shape index (κ2) is 11.8. The molecule has 1 heterocycles. The van der Waals surface area contributed by atoms with Gasteiger partial charge in [-0.15, -0.1) is 35.3 Å². The molecule has 1 aromatic heterocycles. The van der Waals surface area contributed by atoms with E-state index in [2.05, 4.69) is 20.6 Å². The van der Waals surface area contributed by atoms with Crippen LogP contribution >= 0.6 is 35.3 Å². The third kappa shape index (κ3) is 8.85. The van der Waals surface area contributed by atoms with Crippen molar-refractivity contribution in [3.63, 3.8) is 0 Å². The van der Waals surface area contributed by atoms with E-state index in [9.17, 15) is 18.0 Å². The number of nitrogens with zero attached hydrogens (tertiary/aromatic N) is 2. The number of halogens is 4. The Balaban J connectivity index is 0.00000420. The second-order valence-electron chi connectivity index (χ2n) is 5.58. The van der Waals surface area contributed by atoms with Crippen LogP contribution in [0.15, 0.2) is 34.6 Å². The average Bonchev–Trinajstić information content (AvgIpc) is 3.12. The van der Waals surface area contributed by atoms with Gasteiger partial charge in [0.1, 0.15) is 10.8 Å². The molecule has 1 amide bonds. The molecule has 0 aliphatic heterocycles. The molecule has 2 rings (SSSR count). The zero-order valence-electron chi connectivity index (χ0n) is 15.5. The van der Waals surface area contributed by atoms with Crippen molar-refractivity contribution in [2.24, 2.45) is 10.7 Å². The number of amides is 1. The molecule has 0 radical (unpaired) electrons. The molecule has 0 saturated heterocycles. The van der Waals surface area contributed by atoms with Crippen LogP contribution in [0.2, 0.25) is 0 Å². The van der Waals surface area contributed by atoms with Gasteiger partial charge in [0.05, 0.1) is 13.1 Å². The highest BCUT2D eigenvalue weighted by atomic mass is 127. The molecule has 1 aromatic carbocycles. The smallest absolute Gasteiger partial charge is 0.434 e. The molecule has 0 atom stereocenters. The lowest BCUT2D eigenvalue weighted by atomic mass is 10.2. The van der Waals surface area contributed by atoms with Crippen molar-refractivity contribution < 1.29 is 22.7 Å². The molecule has 0 aliphatic carbocycles. The highest BCUT2D eigenvalue weighted by Crippen LogP contribution is 2.29. The van der Waals surface area contributed by atoms with Gasteiger partial charge in [-0.2, -0.15) is 13.2 Å². The van der Waals surface area contributed by atoms with Gasteiger partial charge in [0.15, 0.2) is 18.3 Å². The standard InChI is InChI=1S/C17H20F3N5O2S.HI/c1-2-22-16(24-8-15-25-13(10-28-15)17(18,19)20)23-7-11-4-3-5-12(6-11)27-9-14(21)26;/h3-6,10H,2,7-9H2,1H3,(H2,21,26)(H2,22,23,24);1H. The van der Waals surface area contributed by atoms with Crippen molar-refractivity contribution in [2.45, 2.75) is 26.2 Å². The summed E-state index contributed by atoms with van der Waals surface area (Å²) < 4.78 is 43.1. The van der Waals surface area contributed by atoms with Crippen LogP contribution in [0.1, 0.15) is 23.2 Å². The van der Waals surface area contributed by atoms with E-state index in [4.69, 9.17) is 10.5 Å². The van der Waals surface area contributed by atoms with E-state index in [0.717, 1.165) is 22.3 Å². The zero-order chi connectivity index (χ0) is 20.6. The van der Waals surface area contributed by atoms with E-state index in [-0.39, 0.29) is 37.1 Å². The quantitative estimate of drug-likeness (QED) is 0.270. The van der Waals surface area contributed by atoms with Crippen LogP contribution in [0.4, 0.5) is 13.2 Å². The summed E-state index contributed by atoms with van der Waals surface area (Å²) in [5.41, 5.74) is 4.98. The maximum absolute atomic E-state index is 12.6. The van der Waals surface area contributed by atoms with Gasteiger partial charge in [0.2, 0.25) is 0 Å². The largest absolute Gasteiger partial charge is 0.484 e. The fourth-order valence-corrected chi connectivity index (χ4v) is 2.82. The predicted octanol–water partition coefficient (Wildman–Crippen LogP) is 2.90. The number of benzene rings is 1. The summed E-state index contributed by atoms with van der Waals surface area (Å²) in [5.74, 6) is 0.361. The molecular formula is C17H21F3IN5O2S. The Hall–Kier alpha value is -2.09. The lowest BCUT2D eigenvalue weighted by Crippen LogP contribution is -2.36. The molecule has 0 aliphatic rings. The highest BCUT2D eigenvalue weighted by Gasteiger charge is 2.33. The van der Waals surface area contributed by atoms with Crippen molar-refractivity contribution in [2.75, 3.05) is 13.2 Å². The Morgan fingerprint density at radius 1 is 1.34 bits per heavy atom. The Morgan fingerprint density at radius 3 is 2.72 bits per heavy atom. The molecule has 0 spiro atoms. The number of hydrogen-bond donors (Lipinski definition) is 3. The first-order chi connectivity index (χ1) is 13.3. The van der Waals surface area contributed by atoms with Crippen LogP contribution in [0.3, 0.4) is 0 Å². The molecule has 4 N–H and O–H groups in total. The van der Waals surface area contributed by atoms with Crippen LogP contribution in [-0.4, -0.2) is 30.0 Å². The molecule has 12 heteroatoms. The van der Waals surface area contributed by atoms with Crippen molar-refractivity contribution in [3.05, 3.63) is 45.9 Å². The van der Waals surface area contributed by atoms with Crippen LogP contribution in [0, 0.1) is 0 Å². The monoisotopic (exact) mass is 543 g/mol. The second-order valence-corrected chi connectivity index (χ2v) is 6.52. The van der Waals surface area contributed by atoms with Crippen molar-refractivity contribution >= 4 is 47.2 Å². The van der Waals surface area contributed by atoms with E-state index in [0.29, 0.717) is 29.8 Å². The summed E-state index contributed by atoms with van der Waals surface area (Å²) in [7, 11) is 0. The zero-order valence-corrected chi connectivity index (χ0v) is 18.6. The van der Waals surface area contributed by atoms with Crippen molar-refractivity contribution in [3.8, 4) is 5.75 Å². The molecule has 0 unspecified atom stereocenters. The molecule has 0 fully saturated rings. The number of aliphatic imine (C=N–C) groups is 1. The van der Waals surface area contributed by atoms with Gasteiger partial charge in [-0.3, -0.25) is 4.79 Å². The van der Waals surface area contributed by atoms with E-state index >= 15 is 0 Å². The van der Waals surface area contributed by atoms with E-state index in [1.807, 2.05) is 13.0 Å². The van der Waals surface area contributed by atoms with E-state index in [1.165, 1.54) is 0 Å². The molecule has 160 valence electrons. The summed E-state index contributed by atoms with van der Waals surface area (Å²) in [6, 6.07) is 7.02. The summed E-state index contributed by atoms with van der Waals surface area (Å²) in [6.45, 7) is 2.66. The number of nitrogens with one attached hydrogen (secondary N) is 2. The number of guanidine groups is 1. The molecular weight excluding hydrogens is 522 g/mol. The van der Waals surface area contributed by atoms with Gasteiger partial charge in [0, 0.05) is 11.9 Å². The number of carbonyl (C=O) groups excluding carboxylic acids is 1. The minimum Gasteiger partial charge on any atom is -0.484 e. The fourth-order valence-electron chi connectivity index (χ4n) is 2.08. The summed E-state index contributed by atoms with van der Waals surface area (Å²) in [6.07, 6.45) is -4.45. The molecule has 0 saturated carbocycles. The topological polar surface area (TPSA) is 102 Å². The number of alkyl halides is 3. The number of aromatic nitrogens is 1. The SMILES string of the molecule is CCNC(=NCc1cccc(OCC(N)=O)c1)NCc1nc(C(F)(F)F)cs1.I. The summed E-state index contributed by atoms with van der Waals surface area (Å²) in [5, 5.41) is 7.26. The van der Waals surface area contributed by atoms with Gasteiger partial charge >= 0.3 is 6.18 Å².